The fourth-order valence-corrected chi connectivity index (χ4v) is 2.96. The van der Waals surface area contributed by atoms with E-state index in [1.165, 1.54) is 0 Å². The van der Waals surface area contributed by atoms with Gasteiger partial charge in [-0.2, -0.15) is 0 Å². The van der Waals surface area contributed by atoms with E-state index in [2.05, 4.69) is 16.0 Å². The number of carbonyl (C=O) groups is 4. The summed E-state index contributed by atoms with van der Waals surface area (Å²) in [6.07, 6.45) is 0. The number of hydrogen-bond donors (Lipinski definition) is 3. The molecule has 8 heteroatoms. The summed E-state index contributed by atoms with van der Waals surface area (Å²) in [4.78, 5) is 50.0. The summed E-state index contributed by atoms with van der Waals surface area (Å²) < 4.78 is 0. The van der Waals surface area contributed by atoms with Crippen LogP contribution in [0.2, 0.25) is 0 Å². The molecule has 1 aliphatic rings. The first-order valence-corrected chi connectivity index (χ1v) is 9.13. The van der Waals surface area contributed by atoms with Gasteiger partial charge in [0.15, 0.2) is 0 Å². The summed E-state index contributed by atoms with van der Waals surface area (Å²) >= 11 is 0. The van der Waals surface area contributed by atoms with Gasteiger partial charge in [-0.3, -0.25) is 19.3 Å². The lowest BCUT2D eigenvalue weighted by molar-refractivity contribution is -0.132. The van der Waals surface area contributed by atoms with Gasteiger partial charge < -0.3 is 16.0 Å². The van der Waals surface area contributed by atoms with Gasteiger partial charge in [0, 0.05) is 6.54 Å². The SMILES string of the molecule is CC1(C)NC(=O)N(CC(=O)Nc2ccccc2C(=O)NCc2ccccc2)C1=O. The van der Waals surface area contributed by atoms with Crippen molar-refractivity contribution in [3.63, 3.8) is 0 Å². The number of benzene rings is 2. The van der Waals surface area contributed by atoms with E-state index in [4.69, 9.17) is 0 Å². The fraction of sp³-hybridized carbons (Fsp3) is 0.238. The topological polar surface area (TPSA) is 108 Å². The molecule has 3 N–H and O–H groups in total. The van der Waals surface area contributed by atoms with Gasteiger partial charge >= 0.3 is 6.03 Å². The minimum Gasteiger partial charge on any atom is -0.348 e. The Morgan fingerprint density at radius 1 is 1.00 bits per heavy atom. The Hall–Kier alpha value is -3.68. The van der Waals surface area contributed by atoms with Crippen molar-refractivity contribution in [2.75, 3.05) is 11.9 Å². The van der Waals surface area contributed by atoms with Crippen molar-refractivity contribution < 1.29 is 19.2 Å². The molecule has 0 unspecified atom stereocenters. The first-order valence-electron chi connectivity index (χ1n) is 9.13. The van der Waals surface area contributed by atoms with Crippen molar-refractivity contribution in [2.45, 2.75) is 25.9 Å². The number of anilines is 1. The largest absolute Gasteiger partial charge is 0.348 e. The molecule has 1 fully saturated rings. The van der Waals surface area contributed by atoms with Crippen molar-refractivity contribution in [1.29, 1.82) is 0 Å². The number of nitrogens with one attached hydrogen (secondary N) is 3. The number of carbonyl (C=O) groups excluding carboxylic acids is 4. The molecule has 0 aliphatic carbocycles. The molecule has 29 heavy (non-hydrogen) atoms. The molecule has 1 saturated heterocycles. The van der Waals surface area contributed by atoms with E-state index in [1.807, 2.05) is 30.3 Å². The van der Waals surface area contributed by atoms with E-state index < -0.39 is 29.9 Å². The van der Waals surface area contributed by atoms with Gasteiger partial charge in [0.05, 0.1) is 11.3 Å². The Kier molecular flexibility index (Phi) is 5.63. The highest BCUT2D eigenvalue weighted by atomic mass is 16.2. The maximum atomic E-state index is 12.6. The van der Waals surface area contributed by atoms with E-state index in [-0.39, 0.29) is 11.5 Å². The first-order chi connectivity index (χ1) is 13.8. The monoisotopic (exact) mass is 394 g/mol. The number of hydrogen-bond acceptors (Lipinski definition) is 4. The van der Waals surface area contributed by atoms with Crippen LogP contribution in [-0.4, -0.2) is 40.7 Å². The average Bonchev–Trinajstić information content (AvgIpc) is 2.89. The van der Waals surface area contributed by atoms with Crippen molar-refractivity contribution in [2.24, 2.45) is 0 Å². The molecule has 5 amide bonds. The van der Waals surface area contributed by atoms with Crippen LogP contribution in [0.4, 0.5) is 10.5 Å². The predicted molar refractivity (Wildman–Crippen MR) is 107 cm³/mol. The molecule has 3 rings (SSSR count). The maximum absolute atomic E-state index is 12.6. The van der Waals surface area contributed by atoms with Crippen molar-refractivity contribution in [3.05, 3.63) is 65.7 Å². The number of urea groups is 1. The van der Waals surface area contributed by atoms with Crippen molar-refractivity contribution in [3.8, 4) is 0 Å². The lowest BCUT2D eigenvalue weighted by atomic mass is 10.1. The summed E-state index contributed by atoms with van der Waals surface area (Å²) in [5.74, 6) is -1.40. The van der Waals surface area contributed by atoms with Crippen LogP contribution in [0.5, 0.6) is 0 Å². The van der Waals surface area contributed by atoms with Crippen LogP contribution in [-0.2, 0) is 16.1 Å². The van der Waals surface area contributed by atoms with E-state index >= 15 is 0 Å². The Morgan fingerprint density at radius 3 is 2.31 bits per heavy atom. The second-order valence-electron chi connectivity index (χ2n) is 7.21. The van der Waals surface area contributed by atoms with Gasteiger partial charge in [0.25, 0.3) is 11.8 Å². The maximum Gasteiger partial charge on any atom is 0.325 e. The second-order valence-corrected chi connectivity index (χ2v) is 7.21. The van der Waals surface area contributed by atoms with Crippen molar-refractivity contribution >= 4 is 29.4 Å². The summed E-state index contributed by atoms with van der Waals surface area (Å²) in [5.41, 5.74) is 0.485. The van der Waals surface area contributed by atoms with E-state index in [1.54, 1.807) is 38.1 Å². The van der Waals surface area contributed by atoms with Crippen LogP contribution < -0.4 is 16.0 Å². The number of amides is 5. The molecule has 0 bridgehead atoms. The zero-order chi connectivity index (χ0) is 21.0. The summed E-state index contributed by atoms with van der Waals surface area (Å²) in [6, 6.07) is 15.4. The van der Waals surface area contributed by atoms with Crippen LogP contribution in [0.25, 0.3) is 0 Å². The normalized spacial score (nSPS) is 15.0. The Bertz CT molecular complexity index is 956. The Labute approximate surface area is 168 Å². The van der Waals surface area contributed by atoms with E-state index in [9.17, 15) is 19.2 Å². The van der Waals surface area contributed by atoms with Gasteiger partial charge in [-0.05, 0) is 31.5 Å². The summed E-state index contributed by atoms with van der Waals surface area (Å²) in [7, 11) is 0. The molecule has 1 heterocycles. The van der Waals surface area contributed by atoms with Gasteiger partial charge in [-0.25, -0.2) is 4.79 Å². The fourth-order valence-electron chi connectivity index (χ4n) is 2.96. The highest BCUT2D eigenvalue weighted by molar-refractivity contribution is 6.10. The molecule has 0 spiro atoms. The number of nitrogens with zero attached hydrogens (tertiary/aromatic N) is 1. The summed E-state index contributed by atoms with van der Waals surface area (Å²) in [6.45, 7) is 3.04. The van der Waals surface area contributed by atoms with Gasteiger partial charge in [0.2, 0.25) is 5.91 Å². The molecule has 2 aromatic rings. The number of para-hydroxylation sites is 1. The number of rotatable bonds is 6. The first kappa shape index (κ1) is 20.1. The van der Waals surface area contributed by atoms with Gasteiger partial charge in [0.1, 0.15) is 12.1 Å². The van der Waals surface area contributed by atoms with Gasteiger partial charge in [-0.15, -0.1) is 0 Å². The Morgan fingerprint density at radius 2 is 1.66 bits per heavy atom. The summed E-state index contributed by atoms with van der Waals surface area (Å²) in [5, 5.41) is 7.94. The van der Waals surface area contributed by atoms with E-state index in [0.29, 0.717) is 12.2 Å². The predicted octanol–water partition coefficient (Wildman–Crippen LogP) is 1.89. The molecule has 150 valence electrons. The molecular formula is C21H22N4O4. The highest BCUT2D eigenvalue weighted by Crippen LogP contribution is 2.18. The van der Waals surface area contributed by atoms with Crippen molar-refractivity contribution in [1.82, 2.24) is 15.5 Å². The minimum absolute atomic E-state index is 0.286. The zero-order valence-electron chi connectivity index (χ0n) is 16.2. The smallest absolute Gasteiger partial charge is 0.325 e. The Balaban J connectivity index is 1.66. The quantitative estimate of drug-likeness (QED) is 0.650. The molecule has 1 aliphatic heterocycles. The molecule has 2 aromatic carbocycles. The third-order valence-corrected chi connectivity index (χ3v) is 4.49. The zero-order valence-corrected chi connectivity index (χ0v) is 16.2. The van der Waals surface area contributed by atoms with Gasteiger partial charge in [-0.1, -0.05) is 42.5 Å². The van der Waals surface area contributed by atoms with E-state index in [0.717, 1.165) is 10.5 Å². The van der Waals surface area contributed by atoms with Crippen LogP contribution in [0, 0.1) is 0 Å². The standard InChI is InChI=1S/C21H22N4O4/c1-21(2)19(28)25(20(29)24-21)13-17(26)23-16-11-7-6-10-15(16)18(27)22-12-14-8-4-3-5-9-14/h3-11H,12-13H2,1-2H3,(H,22,27)(H,23,26)(H,24,29). The third kappa shape index (κ3) is 4.60. The highest BCUT2D eigenvalue weighted by Gasteiger charge is 2.44. The molecule has 0 radical (unpaired) electrons. The molecular weight excluding hydrogens is 372 g/mol. The average molecular weight is 394 g/mol. The van der Waals surface area contributed by atoms with Crippen LogP contribution >= 0.6 is 0 Å². The van der Waals surface area contributed by atoms with Crippen LogP contribution in [0.1, 0.15) is 29.8 Å². The lowest BCUT2D eigenvalue weighted by Crippen LogP contribution is -2.41. The molecule has 0 saturated carbocycles. The minimum atomic E-state index is -1.05. The number of imide groups is 1. The van der Waals surface area contributed by atoms with Crippen LogP contribution in [0.15, 0.2) is 54.6 Å². The molecule has 0 aromatic heterocycles. The molecule has 0 atom stereocenters. The van der Waals surface area contributed by atoms with Crippen LogP contribution in [0.3, 0.4) is 0 Å². The molecule has 8 nitrogen and oxygen atoms in total. The second kappa shape index (κ2) is 8.14. The lowest BCUT2D eigenvalue weighted by Gasteiger charge is -2.16. The third-order valence-electron chi connectivity index (χ3n) is 4.49.